The van der Waals surface area contributed by atoms with Gasteiger partial charge in [-0.15, -0.1) is 0 Å². The Morgan fingerprint density at radius 2 is 2.25 bits per heavy atom. The van der Waals surface area contributed by atoms with Gasteiger partial charge in [-0.05, 0) is 0 Å². The zero-order chi connectivity index (χ0) is 11.9. The highest BCUT2D eigenvalue weighted by Gasteiger charge is 2.34. The normalized spacial score (nSPS) is 19.3. The second-order valence-electron chi connectivity index (χ2n) is 3.56. The van der Waals surface area contributed by atoms with E-state index in [2.05, 4.69) is 10.2 Å². The predicted octanol–water partition coefficient (Wildman–Crippen LogP) is -1.61. The van der Waals surface area contributed by atoms with E-state index in [1.54, 1.807) is 0 Å². The van der Waals surface area contributed by atoms with Crippen LogP contribution in [0, 0.1) is 0 Å². The Bertz CT molecular complexity index is 502. The van der Waals surface area contributed by atoms with E-state index in [-0.39, 0.29) is 19.0 Å². The van der Waals surface area contributed by atoms with Gasteiger partial charge in [0, 0.05) is 6.92 Å². The number of aromatic nitrogens is 3. The molecule has 1 aromatic heterocycles. The average Bonchev–Trinajstić information content (AvgIpc) is 2.58. The van der Waals surface area contributed by atoms with Crippen LogP contribution >= 0.6 is 0 Å². The maximum absolute atomic E-state index is 11.3. The average molecular weight is 226 g/mol. The number of fused-ring (bicyclic) bond motifs is 1. The van der Waals surface area contributed by atoms with Crippen molar-refractivity contribution in [2.24, 2.45) is 0 Å². The van der Waals surface area contributed by atoms with E-state index in [9.17, 15) is 14.4 Å². The number of aliphatic carboxylic acids is 1. The summed E-state index contributed by atoms with van der Waals surface area (Å²) in [6.45, 7) is 1.25. The lowest BCUT2D eigenvalue weighted by Gasteiger charge is -2.31. The second kappa shape index (κ2) is 3.47. The number of nitrogens with zero attached hydrogens (tertiary/aromatic N) is 3. The summed E-state index contributed by atoms with van der Waals surface area (Å²) >= 11 is 0. The fourth-order valence-electron chi connectivity index (χ4n) is 1.74. The quantitative estimate of drug-likeness (QED) is 0.598. The number of nitrogens with one attached hydrogen (secondary N) is 1. The van der Waals surface area contributed by atoms with E-state index in [0.717, 1.165) is 0 Å². The van der Waals surface area contributed by atoms with Gasteiger partial charge in [-0.25, -0.2) is 14.7 Å². The SMILES string of the molecule is CC(=O)N1Cc2n[nH]c(=O)n2CC1C(=O)O. The monoisotopic (exact) mass is 226 g/mol. The van der Waals surface area contributed by atoms with Gasteiger partial charge in [0.2, 0.25) is 5.91 Å². The Balaban J connectivity index is 2.42. The van der Waals surface area contributed by atoms with Crippen LogP contribution in [0.5, 0.6) is 0 Å². The van der Waals surface area contributed by atoms with Crippen LogP contribution in [0.1, 0.15) is 12.7 Å². The summed E-state index contributed by atoms with van der Waals surface area (Å²) in [5, 5.41) is 14.9. The maximum Gasteiger partial charge on any atom is 0.343 e. The molecule has 1 aromatic rings. The van der Waals surface area contributed by atoms with Crippen LogP contribution in [0.4, 0.5) is 0 Å². The van der Waals surface area contributed by atoms with Crippen LogP contribution in [0.25, 0.3) is 0 Å². The molecule has 0 aliphatic carbocycles. The van der Waals surface area contributed by atoms with Gasteiger partial charge >= 0.3 is 11.7 Å². The largest absolute Gasteiger partial charge is 0.480 e. The highest BCUT2D eigenvalue weighted by atomic mass is 16.4. The summed E-state index contributed by atoms with van der Waals surface area (Å²) in [5.74, 6) is -1.11. The van der Waals surface area contributed by atoms with E-state index >= 15 is 0 Å². The molecule has 1 aliphatic rings. The van der Waals surface area contributed by atoms with Crippen LogP contribution < -0.4 is 5.69 Å². The maximum atomic E-state index is 11.3. The number of rotatable bonds is 1. The molecule has 16 heavy (non-hydrogen) atoms. The van der Waals surface area contributed by atoms with Crippen molar-refractivity contribution in [2.75, 3.05) is 0 Å². The third-order valence-electron chi connectivity index (χ3n) is 2.57. The molecule has 2 N–H and O–H groups in total. The van der Waals surface area contributed by atoms with Crippen LogP contribution in [0.15, 0.2) is 4.79 Å². The second-order valence-corrected chi connectivity index (χ2v) is 3.56. The van der Waals surface area contributed by atoms with Gasteiger partial charge in [0.1, 0.15) is 6.04 Å². The van der Waals surface area contributed by atoms with E-state index in [1.807, 2.05) is 0 Å². The van der Waals surface area contributed by atoms with Crippen molar-refractivity contribution in [3.63, 3.8) is 0 Å². The molecule has 0 spiro atoms. The van der Waals surface area contributed by atoms with Gasteiger partial charge in [-0.3, -0.25) is 9.36 Å². The molecule has 86 valence electrons. The molecular weight excluding hydrogens is 216 g/mol. The highest BCUT2D eigenvalue weighted by molar-refractivity contribution is 5.82. The first-order valence-electron chi connectivity index (χ1n) is 4.65. The molecule has 0 aromatic carbocycles. The van der Waals surface area contributed by atoms with Crippen molar-refractivity contribution in [3.05, 3.63) is 16.3 Å². The number of aromatic amines is 1. The molecule has 8 nitrogen and oxygen atoms in total. The number of carbonyl (C=O) groups excluding carboxylic acids is 1. The molecule has 0 bridgehead atoms. The molecule has 1 amide bonds. The third kappa shape index (κ3) is 1.47. The first kappa shape index (κ1) is 10.4. The van der Waals surface area contributed by atoms with E-state index < -0.39 is 17.7 Å². The lowest BCUT2D eigenvalue weighted by Crippen LogP contribution is -2.51. The lowest BCUT2D eigenvalue weighted by molar-refractivity contribution is -0.151. The Kier molecular flexibility index (Phi) is 2.26. The first-order chi connectivity index (χ1) is 7.50. The van der Waals surface area contributed by atoms with E-state index in [1.165, 1.54) is 16.4 Å². The van der Waals surface area contributed by atoms with Crippen molar-refractivity contribution in [1.29, 1.82) is 0 Å². The summed E-state index contributed by atoms with van der Waals surface area (Å²) < 4.78 is 1.23. The van der Waals surface area contributed by atoms with Crippen LogP contribution in [0.3, 0.4) is 0 Å². The van der Waals surface area contributed by atoms with Gasteiger partial charge in [0.15, 0.2) is 5.82 Å². The van der Waals surface area contributed by atoms with Gasteiger partial charge in [-0.1, -0.05) is 0 Å². The summed E-state index contributed by atoms with van der Waals surface area (Å²) in [6, 6.07) is -1.01. The summed E-state index contributed by atoms with van der Waals surface area (Å²) in [6.07, 6.45) is 0. The molecule has 2 heterocycles. The number of carboxylic acids is 1. The van der Waals surface area contributed by atoms with Crippen molar-refractivity contribution >= 4 is 11.9 Å². The van der Waals surface area contributed by atoms with E-state index in [4.69, 9.17) is 5.11 Å². The van der Waals surface area contributed by atoms with E-state index in [0.29, 0.717) is 5.82 Å². The van der Waals surface area contributed by atoms with Gasteiger partial charge in [-0.2, -0.15) is 5.10 Å². The standard InChI is InChI=1S/C8H10N4O4/c1-4(13)11-3-6-9-10-8(16)12(6)2-5(11)7(14)15/h5H,2-3H2,1H3,(H,10,16)(H,14,15). The topological polar surface area (TPSA) is 108 Å². The molecule has 1 aliphatic heterocycles. The minimum atomic E-state index is -1.13. The fourth-order valence-corrected chi connectivity index (χ4v) is 1.74. The number of hydrogen-bond acceptors (Lipinski definition) is 4. The molecular formula is C8H10N4O4. The predicted molar refractivity (Wildman–Crippen MR) is 50.5 cm³/mol. The minimum absolute atomic E-state index is 0.0328. The lowest BCUT2D eigenvalue weighted by atomic mass is 10.2. The molecule has 1 unspecified atom stereocenters. The number of H-pyrrole nitrogens is 1. The van der Waals surface area contributed by atoms with Crippen molar-refractivity contribution in [1.82, 2.24) is 19.7 Å². The summed E-state index contributed by atoms with van der Waals surface area (Å²) in [4.78, 5) is 34.7. The fraction of sp³-hybridized carbons (Fsp3) is 0.500. The van der Waals surface area contributed by atoms with Gasteiger partial charge in [0.05, 0.1) is 13.1 Å². The van der Waals surface area contributed by atoms with Crippen LogP contribution in [-0.4, -0.2) is 42.7 Å². The molecule has 1 atom stereocenters. The number of amides is 1. The minimum Gasteiger partial charge on any atom is -0.480 e. The smallest absolute Gasteiger partial charge is 0.343 e. The highest BCUT2D eigenvalue weighted by Crippen LogP contribution is 2.14. The summed E-state index contributed by atoms with van der Waals surface area (Å²) in [7, 11) is 0. The molecule has 0 saturated heterocycles. The zero-order valence-corrected chi connectivity index (χ0v) is 8.51. The molecule has 0 saturated carbocycles. The summed E-state index contributed by atoms with van der Waals surface area (Å²) in [5.41, 5.74) is -0.454. The Morgan fingerprint density at radius 1 is 1.56 bits per heavy atom. The molecule has 0 fully saturated rings. The Hall–Kier alpha value is -2.12. The molecule has 0 radical (unpaired) electrons. The number of carboxylic acid groups (broad SMARTS) is 1. The zero-order valence-electron chi connectivity index (χ0n) is 8.51. The number of hydrogen-bond donors (Lipinski definition) is 2. The third-order valence-corrected chi connectivity index (χ3v) is 2.57. The Morgan fingerprint density at radius 3 is 2.81 bits per heavy atom. The van der Waals surface area contributed by atoms with Crippen molar-refractivity contribution in [3.8, 4) is 0 Å². The van der Waals surface area contributed by atoms with Crippen molar-refractivity contribution < 1.29 is 14.7 Å². The van der Waals surface area contributed by atoms with Gasteiger partial charge < -0.3 is 10.0 Å². The van der Waals surface area contributed by atoms with Gasteiger partial charge in [0.25, 0.3) is 0 Å². The van der Waals surface area contributed by atoms with Crippen LogP contribution in [0.2, 0.25) is 0 Å². The molecule has 2 rings (SSSR count). The Labute approximate surface area is 89.5 Å². The van der Waals surface area contributed by atoms with Crippen molar-refractivity contribution in [2.45, 2.75) is 26.1 Å². The number of carbonyl (C=O) groups is 2. The first-order valence-corrected chi connectivity index (χ1v) is 4.65. The molecule has 8 heteroatoms. The van der Waals surface area contributed by atoms with Crippen LogP contribution in [-0.2, 0) is 22.7 Å².